The van der Waals surface area contributed by atoms with Gasteiger partial charge in [0.25, 0.3) is 0 Å². The van der Waals surface area contributed by atoms with Crippen molar-refractivity contribution >= 4 is 34.5 Å². The van der Waals surface area contributed by atoms with E-state index in [-0.39, 0.29) is 23.7 Å². The molecule has 0 spiro atoms. The second kappa shape index (κ2) is 9.34. The van der Waals surface area contributed by atoms with Gasteiger partial charge in [0.2, 0.25) is 0 Å². The predicted octanol–water partition coefficient (Wildman–Crippen LogP) is 4.98. The SMILES string of the molecule is CCOC(=O)C1=C(O)C(=Cc2cccc(O)c2)SC1=Nc1ccc(OCC)cc1. The third-order valence-corrected chi connectivity index (χ3v) is 4.94. The predicted molar refractivity (Wildman–Crippen MR) is 115 cm³/mol. The van der Waals surface area contributed by atoms with Crippen LogP contribution in [0.5, 0.6) is 11.5 Å². The summed E-state index contributed by atoms with van der Waals surface area (Å²) in [5.74, 6) is 0.00619. The van der Waals surface area contributed by atoms with Crippen molar-refractivity contribution in [3.63, 3.8) is 0 Å². The minimum Gasteiger partial charge on any atom is -0.508 e. The monoisotopic (exact) mass is 411 g/mol. The van der Waals surface area contributed by atoms with Crippen LogP contribution in [0.25, 0.3) is 6.08 Å². The quantitative estimate of drug-likeness (QED) is 0.652. The third kappa shape index (κ3) is 5.00. The van der Waals surface area contributed by atoms with Crippen LogP contribution < -0.4 is 4.74 Å². The molecule has 1 heterocycles. The number of hydrogen-bond donors (Lipinski definition) is 2. The molecule has 0 aliphatic carbocycles. The van der Waals surface area contributed by atoms with Gasteiger partial charge in [-0.05, 0) is 61.9 Å². The first-order valence-corrected chi connectivity index (χ1v) is 9.94. The summed E-state index contributed by atoms with van der Waals surface area (Å²) in [6, 6.07) is 13.7. The second-order valence-electron chi connectivity index (χ2n) is 5.99. The van der Waals surface area contributed by atoms with Crippen molar-refractivity contribution in [1.82, 2.24) is 0 Å². The Morgan fingerprint density at radius 3 is 2.52 bits per heavy atom. The maximum atomic E-state index is 12.4. The molecule has 6 nitrogen and oxygen atoms in total. The molecule has 1 aliphatic rings. The van der Waals surface area contributed by atoms with Gasteiger partial charge in [0.05, 0.1) is 23.8 Å². The topological polar surface area (TPSA) is 88.4 Å². The minimum absolute atomic E-state index is 0.0251. The van der Waals surface area contributed by atoms with E-state index in [9.17, 15) is 15.0 Å². The average molecular weight is 411 g/mol. The molecule has 0 saturated carbocycles. The zero-order valence-electron chi connectivity index (χ0n) is 16.1. The number of phenolic OH excluding ortho intramolecular Hbond substituents is 1. The van der Waals surface area contributed by atoms with Crippen molar-refractivity contribution in [2.24, 2.45) is 4.99 Å². The van der Waals surface area contributed by atoms with Crippen molar-refractivity contribution < 1.29 is 24.5 Å². The Hall–Kier alpha value is -3.19. The second-order valence-corrected chi connectivity index (χ2v) is 7.02. The summed E-state index contributed by atoms with van der Waals surface area (Å²) in [6.45, 7) is 4.35. The summed E-state index contributed by atoms with van der Waals surface area (Å²) in [7, 11) is 0. The highest BCUT2D eigenvalue weighted by atomic mass is 32.2. The van der Waals surface area contributed by atoms with E-state index in [0.717, 1.165) is 17.5 Å². The van der Waals surface area contributed by atoms with Gasteiger partial charge in [-0.3, -0.25) is 0 Å². The Balaban J connectivity index is 1.98. The van der Waals surface area contributed by atoms with Crippen LogP contribution in [-0.4, -0.2) is 34.4 Å². The molecule has 3 rings (SSSR count). The van der Waals surface area contributed by atoms with Crippen LogP contribution in [0.1, 0.15) is 19.4 Å². The van der Waals surface area contributed by atoms with E-state index in [1.807, 2.05) is 6.92 Å². The normalized spacial score (nSPS) is 16.5. The van der Waals surface area contributed by atoms with Gasteiger partial charge >= 0.3 is 5.97 Å². The van der Waals surface area contributed by atoms with Gasteiger partial charge in [-0.2, -0.15) is 0 Å². The van der Waals surface area contributed by atoms with E-state index >= 15 is 0 Å². The fourth-order valence-corrected chi connectivity index (χ4v) is 3.69. The summed E-state index contributed by atoms with van der Waals surface area (Å²) < 4.78 is 10.5. The lowest BCUT2D eigenvalue weighted by Crippen LogP contribution is -2.12. The minimum atomic E-state index is -0.638. The van der Waals surface area contributed by atoms with Crippen molar-refractivity contribution in [3.05, 3.63) is 70.3 Å². The lowest BCUT2D eigenvalue weighted by molar-refractivity contribution is -0.138. The molecular weight excluding hydrogens is 390 g/mol. The van der Waals surface area contributed by atoms with Crippen LogP contribution in [0.3, 0.4) is 0 Å². The number of benzene rings is 2. The van der Waals surface area contributed by atoms with Crippen molar-refractivity contribution in [2.75, 3.05) is 13.2 Å². The Morgan fingerprint density at radius 1 is 1.10 bits per heavy atom. The number of aliphatic hydroxyl groups is 1. The van der Waals surface area contributed by atoms with Crippen molar-refractivity contribution in [3.8, 4) is 11.5 Å². The van der Waals surface area contributed by atoms with Gasteiger partial charge in [-0.25, -0.2) is 9.79 Å². The number of carbonyl (C=O) groups is 1. The molecule has 29 heavy (non-hydrogen) atoms. The number of aliphatic imine (C=N–C) groups is 1. The summed E-state index contributed by atoms with van der Waals surface area (Å²) in [4.78, 5) is 17.4. The van der Waals surface area contributed by atoms with E-state index in [1.165, 1.54) is 0 Å². The molecule has 0 bridgehead atoms. The number of aliphatic hydroxyl groups excluding tert-OH is 1. The van der Waals surface area contributed by atoms with Gasteiger partial charge in [-0.15, -0.1) is 0 Å². The molecule has 7 heteroatoms. The highest BCUT2D eigenvalue weighted by Gasteiger charge is 2.33. The van der Waals surface area contributed by atoms with Gasteiger partial charge in [0.15, 0.2) is 0 Å². The number of aromatic hydroxyl groups is 1. The van der Waals surface area contributed by atoms with Crippen LogP contribution in [0.2, 0.25) is 0 Å². The zero-order chi connectivity index (χ0) is 20.8. The highest BCUT2D eigenvalue weighted by molar-refractivity contribution is 8.18. The molecule has 0 radical (unpaired) electrons. The first kappa shape index (κ1) is 20.5. The Labute approximate surface area is 173 Å². The third-order valence-electron chi connectivity index (χ3n) is 3.92. The lowest BCUT2D eigenvalue weighted by Gasteiger charge is -2.05. The molecule has 2 N–H and O–H groups in total. The highest BCUT2D eigenvalue weighted by Crippen LogP contribution is 2.40. The Bertz CT molecular complexity index is 993. The Kier molecular flexibility index (Phi) is 6.61. The molecule has 150 valence electrons. The molecule has 2 aromatic rings. The molecule has 0 saturated heterocycles. The first-order valence-electron chi connectivity index (χ1n) is 9.13. The molecule has 2 aromatic carbocycles. The smallest absolute Gasteiger partial charge is 0.344 e. The maximum Gasteiger partial charge on any atom is 0.344 e. The van der Waals surface area contributed by atoms with E-state index in [2.05, 4.69) is 4.99 Å². The molecule has 0 unspecified atom stereocenters. The standard InChI is InChI=1S/C22H21NO5S/c1-3-27-17-10-8-15(9-11-17)23-21-19(22(26)28-4-2)20(25)18(29-21)13-14-6-5-7-16(24)12-14/h5-13,24-25H,3-4H2,1-2H3. The number of phenols is 1. The number of ether oxygens (including phenoxy) is 2. The summed E-state index contributed by atoms with van der Waals surface area (Å²) >= 11 is 1.16. The summed E-state index contributed by atoms with van der Waals surface area (Å²) in [5, 5.41) is 20.7. The molecule has 1 aliphatic heterocycles. The number of carbonyl (C=O) groups excluding carboxylic acids is 1. The van der Waals surface area contributed by atoms with E-state index < -0.39 is 5.97 Å². The van der Waals surface area contributed by atoms with Crippen molar-refractivity contribution in [1.29, 1.82) is 0 Å². The average Bonchev–Trinajstić information content (AvgIpc) is 2.99. The van der Waals surface area contributed by atoms with Crippen LogP contribution in [0.15, 0.2) is 69.8 Å². The molecule has 0 fully saturated rings. The van der Waals surface area contributed by atoms with E-state index in [1.54, 1.807) is 61.5 Å². The van der Waals surface area contributed by atoms with Crippen LogP contribution >= 0.6 is 11.8 Å². The summed E-state index contributed by atoms with van der Waals surface area (Å²) in [5.41, 5.74) is 1.32. The maximum absolute atomic E-state index is 12.4. The summed E-state index contributed by atoms with van der Waals surface area (Å²) in [6.07, 6.45) is 1.68. The first-order chi connectivity index (χ1) is 14.0. The van der Waals surface area contributed by atoms with Crippen LogP contribution in [-0.2, 0) is 9.53 Å². The number of rotatable bonds is 6. The van der Waals surface area contributed by atoms with Crippen molar-refractivity contribution in [2.45, 2.75) is 13.8 Å². The fraction of sp³-hybridized carbons (Fsp3) is 0.182. The largest absolute Gasteiger partial charge is 0.508 e. The van der Waals surface area contributed by atoms with E-state index in [4.69, 9.17) is 9.47 Å². The number of hydrogen-bond acceptors (Lipinski definition) is 7. The number of esters is 1. The van der Waals surface area contributed by atoms with Crippen LogP contribution in [0.4, 0.5) is 5.69 Å². The molecular formula is C22H21NO5S. The number of nitrogens with zero attached hydrogens (tertiary/aromatic N) is 1. The van der Waals surface area contributed by atoms with Crippen LogP contribution in [0, 0.1) is 0 Å². The van der Waals surface area contributed by atoms with Gasteiger partial charge in [0, 0.05) is 0 Å². The van der Waals surface area contributed by atoms with Gasteiger partial charge in [0.1, 0.15) is 27.9 Å². The zero-order valence-corrected chi connectivity index (χ0v) is 16.9. The molecule has 0 atom stereocenters. The van der Waals surface area contributed by atoms with Gasteiger partial charge < -0.3 is 19.7 Å². The Morgan fingerprint density at radius 2 is 1.86 bits per heavy atom. The fourth-order valence-electron chi connectivity index (χ4n) is 2.66. The molecule has 0 aromatic heterocycles. The van der Waals surface area contributed by atoms with Gasteiger partial charge in [-0.1, -0.05) is 23.9 Å². The molecule has 0 amide bonds. The number of thioether (sulfide) groups is 1. The lowest BCUT2D eigenvalue weighted by atomic mass is 10.1. The van der Waals surface area contributed by atoms with E-state index in [0.29, 0.717) is 27.8 Å².